The first kappa shape index (κ1) is 7.98. The van der Waals surface area contributed by atoms with Gasteiger partial charge in [-0.3, -0.25) is 0 Å². The Morgan fingerprint density at radius 3 is 2.50 bits per heavy atom. The second-order valence-corrected chi connectivity index (χ2v) is 2.54. The molecule has 0 aromatic heterocycles. The van der Waals surface area contributed by atoms with E-state index < -0.39 is 0 Å². The van der Waals surface area contributed by atoms with Crippen molar-refractivity contribution in [1.82, 2.24) is 5.32 Å². The van der Waals surface area contributed by atoms with Gasteiger partial charge in [-0.1, -0.05) is 0 Å². The van der Waals surface area contributed by atoms with Crippen molar-refractivity contribution in [3.63, 3.8) is 0 Å². The van der Waals surface area contributed by atoms with Crippen LogP contribution in [0.2, 0.25) is 0 Å². The average molecular weight is 145 g/mol. The second kappa shape index (κ2) is 3.91. The van der Waals surface area contributed by atoms with E-state index in [1.165, 1.54) is 6.42 Å². The highest BCUT2D eigenvalue weighted by Gasteiger charge is 2.23. The van der Waals surface area contributed by atoms with Gasteiger partial charge in [-0.05, 0) is 19.4 Å². The van der Waals surface area contributed by atoms with Crippen molar-refractivity contribution >= 4 is 0 Å². The van der Waals surface area contributed by atoms with Gasteiger partial charge in [0.2, 0.25) is 0 Å². The Morgan fingerprint density at radius 1 is 1.40 bits per heavy atom. The van der Waals surface area contributed by atoms with Crippen LogP contribution in [0.3, 0.4) is 0 Å². The zero-order valence-corrected chi connectivity index (χ0v) is 6.59. The highest BCUT2D eigenvalue weighted by Crippen LogP contribution is 2.11. The summed E-state index contributed by atoms with van der Waals surface area (Å²) in [5.74, 6) is 0. The Balaban J connectivity index is 2.29. The molecule has 60 valence electrons. The van der Waals surface area contributed by atoms with Crippen molar-refractivity contribution in [2.75, 3.05) is 20.8 Å². The molecule has 0 aromatic rings. The quantitative estimate of drug-likeness (QED) is 0.581. The second-order valence-electron chi connectivity index (χ2n) is 2.54. The molecule has 0 radical (unpaired) electrons. The van der Waals surface area contributed by atoms with Gasteiger partial charge in [-0.25, -0.2) is 0 Å². The summed E-state index contributed by atoms with van der Waals surface area (Å²) >= 11 is 0. The third-order valence-corrected chi connectivity index (χ3v) is 1.89. The van der Waals surface area contributed by atoms with Crippen LogP contribution in [0.15, 0.2) is 0 Å². The molecule has 0 saturated carbocycles. The van der Waals surface area contributed by atoms with Crippen LogP contribution < -0.4 is 5.32 Å². The monoisotopic (exact) mass is 145 g/mol. The first-order valence-corrected chi connectivity index (χ1v) is 3.67. The minimum Gasteiger partial charge on any atom is -0.354 e. The lowest BCUT2D eigenvalue weighted by molar-refractivity contribution is -0.119. The van der Waals surface area contributed by atoms with E-state index in [4.69, 9.17) is 9.47 Å². The molecule has 0 unspecified atom stereocenters. The molecule has 0 aromatic carbocycles. The summed E-state index contributed by atoms with van der Waals surface area (Å²) in [5.41, 5.74) is 0. The lowest BCUT2D eigenvalue weighted by atomic mass is 10.2. The summed E-state index contributed by atoms with van der Waals surface area (Å²) in [5, 5.41) is 3.31. The van der Waals surface area contributed by atoms with E-state index in [1.807, 2.05) is 0 Å². The molecule has 1 saturated heterocycles. The van der Waals surface area contributed by atoms with Gasteiger partial charge in [-0.15, -0.1) is 0 Å². The predicted molar refractivity (Wildman–Crippen MR) is 38.8 cm³/mol. The third kappa shape index (κ3) is 1.68. The fourth-order valence-electron chi connectivity index (χ4n) is 1.37. The number of methoxy groups -OCH3 is 2. The first-order valence-electron chi connectivity index (χ1n) is 3.67. The Hall–Kier alpha value is -0.120. The first-order chi connectivity index (χ1) is 4.88. The largest absolute Gasteiger partial charge is 0.354 e. The van der Waals surface area contributed by atoms with Crippen molar-refractivity contribution in [2.24, 2.45) is 0 Å². The fourth-order valence-corrected chi connectivity index (χ4v) is 1.37. The average Bonchev–Trinajstić information content (AvgIpc) is 2.43. The maximum atomic E-state index is 5.10. The molecule has 1 N–H and O–H groups in total. The fraction of sp³-hybridized carbons (Fsp3) is 1.00. The third-order valence-electron chi connectivity index (χ3n) is 1.89. The number of hydrogen-bond acceptors (Lipinski definition) is 3. The molecule has 1 rings (SSSR count). The normalized spacial score (nSPS) is 26.1. The summed E-state index contributed by atoms with van der Waals surface area (Å²) < 4.78 is 10.2. The molecule has 1 atom stereocenters. The van der Waals surface area contributed by atoms with Gasteiger partial charge < -0.3 is 14.8 Å². The summed E-state index contributed by atoms with van der Waals surface area (Å²) in [6.07, 6.45) is 2.32. The highest BCUT2D eigenvalue weighted by atomic mass is 16.7. The van der Waals surface area contributed by atoms with Gasteiger partial charge in [0, 0.05) is 14.2 Å². The molecule has 3 nitrogen and oxygen atoms in total. The van der Waals surface area contributed by atoms with Gasteiger partial charge in [0.25, 0.3) is 0 Å². The van der Waals surface area contributed by atoms with Crippen molar-refractivity contribution in [2.45, 2.75) is 25.2 Å². The molecule has 0 spiro atoms. The Kier molecular flexibility index (Phi) is 3.12. The zero-order chi connectivity index (χ0) is 7.40. The van der Waals surface area contributed by atoms with Crippen LogP contribution in [0.1, 0.15) is 12.8 Å². The highest BCUT2D eigenvalue weighted by molar-refractivity contribution is 4.76. The molecule has 1 aliphatic rings. The predicted octanol–water partition coefficient (Wildman–Crippen LogP) is 0.357. The van der Waals surface area contributed by atoms with Crippen LogP contribution in [0.5, 0.6) is 0 Å². The van der Waals surface area contributed by atoms with Crippen molar-refractivity contribution in [3.05, 3.63) is 0 Å². The summed E-state index contributed by atoms with van der Waals surface area (Å²) in [4.78, 5) is 0. The van der Waals surface area contributed by atoms with Crippen LogP contribution in [0.25, 0.3) is 0 Å². The maximum absolute atomic E-state index is 5.10. The molecule has 1 aliphatic heterocycles. The maximum Gasteiger partial charge on any atom is 0.171 e. The number of rotatable bonds is 3. The topological polar surface area (TPSA) is 30.5 Å². The van der Waals surface area contributed by atoms with Crippen LogP contribution in [0, 0.1) is 0 Å². The Bertz CT molecular complexity index is 87.6. The summed E-state index contributed by atoms with van der Waals surface area (Å²) in [7, 11) is 3.35. The van der Waals surface area contributed by atoms with Gasteiger partial charge in [0.05, 0.1) is 6.04 Å². The smallest absolute Gasteiger partial charge is 0.171 e. The SMILES string of the molecule is COC(OC)[C@@H]1CCCN1. The van der Waals surface area contributed by atoms with Gasteiger partial charge in [0.15, 0.2) is 6.29 Å². The standard InChI is InChI=1S/C7H15NO2/c1-9-7(10-2)6-4-3-5-8-6/h6-8H,3-5H2,1-2H3/t6-/m0/s1. The van der Waals surface area contributed by atoms with E-state index >= 15 is 0 Å². The lowest BCUT2D eigenvalue weighted by Crippen LogP contribution is -2.37. The molecule has 0 aliphatic carbocycles. The van der Waals surface area contributed by atoms with Gasteiger partial charge in [0.1, 0.15) is 0 Å². The zero-order valence-electron chi connectivity index (χ0n) is 6.59. The van der Waals surface area contributed by atoms with Crippen LogP contribution in [0.4, 0.5) is 0 Å². The molecule has 3 heteroatoms. The van der Waals surface area contributed by atoms with Crippen molar-refractivity contribution in [3.8, 4) is 0 Å². The van der Waals surface area contributed by atoms with Crippen LogP contribution >= 0.6 is 0 Å². The van der Waals surface area contributed by atoms with Crippen LogP contribution in [-0.2, 0) is 9.47 Å². The molecule has 0 amide bonds. The van der Waals surface area contributed by atoms with Gasteiger partial charge >= 0.3 is 0 Å². The number of nitrogens with one attached hydrogen (secondary N) is 1. The molecule has 1 heterocycles. The molecule has 0 bridgehead atoms. The van der Waals surface area contributed by atoms with E-state index in [2.05, 4.69) is 5.32 Å². The van der Waals surface area contributed by atoms with Crippen molar-refractivity contribution in [1.29, 1.82) is 0 Å². The van der Waals surface area contributed by atoms with E-state index in [0.717, 1.165) is 13.0 Å². The van der Waals surface area contributed by atoms with E-state index in [0.29, 0.717) is 6.04 Å². The molecular weight excluding hydrogens is 130 g/mol. The summed E-state index contributed by atoms with van der Waals surface area (Å²) in [6.45, 7) is 1.09. The number of ether oxygens (including phenoxy) is 2. The molecule has 1 fully saturated rings. The van der Waals surface area contributed by atoms with E-state index in [-0.39, 0.29) is 6.29 Å². The van der Waals surface area contributed by atoms with Gasteiger partial charge in [-0.2, -0.15) is 0 Å². The minimum atomic E-state index is -0.0671. The van der Waals surface area contributed by atoms with Crippen molar-refractivity contribution < 1.29 is 9.47 Å². The minimum absolute atomic E-state index is 0.0671. The Labute approximate surface area is 61.7 Å². The number of hydrogen-bond donors (Lipinski definition) is 1. The molecule has 10 heavy (non-hydrogen) atoms. The van der Waals surface area contributed by atoms with E-state index in [1.54, 1.807) is 14.2 Å². The summed E-state index contributed by atoms with van der Waals surface area (Å²) in [6, 6.07) is 0.398. The lowest BCUT2D eigenvalue weighted by Gasteiger charge is -2.19. The van der Waals surface area contributed by atoms with Crippen LogP contribution in [-0.4, -0.2) is 33.1 Å². The molecular formula is C7H15NO2. The van der Waals surface area contributed by atoms with E-state index in [9.17, 15) is 0 Å². The Morgan fingerprint density at radius 2 is 2.10 bits per heavy atom.